The lowest BCUT2D eigenvalue weighted by Crippen LogP contribution is -2.55. The molecule has 1 aliphatic rings. The smallest absolute Gasteiger partial charge is 0.132 e. The monoisotopic (exact) mass is 333 g/mol. The van der Waals surface area contributed by atoms with E-state index in [1.54, 1.807) is 6.20 Å². The highest BCUT2D eigenvalue weighted by Crippen LogP contribution is 2.26. The first kappa shape index (κ1) is 16.2. The fourth-order valence-electron chi connectivity index (χ4n) is 2.89. The van der Waals surface area contributed by atoms with Gasteiger partial charge in [-0.2, -0.15) is 0 Å². The van der Waals surface area contributed by atoms with E-state index in [1.807, 2.05) is 37.3 Å². The van der Waals surface area contributed by atoms with Crippen LogP contribution in [0.25, 0.3) is 0 Å². The second-order valence-electron chi connectivity index (χ2n) is 5.88. The summed E-state index contributed by atoms with van der Waals surface area (Å²) in [6.45, 7) is 3.71. The van der Waals surface area contributed by atoms with E-state index in [-0.39, 0.29) is 6.61 Å². The number of anilines is 1. The lowest BCUT2D eigenvalue weighted by atomic mass is 9.93. The van der Waals surface area contributed by atoms with Gasteiger partial charge in [-0.05, 0) is 30.7 Å². The lowest BCUT2D eigenvalue weighted by molar-refractivity contribution is -0.0869. The summed E-state index contributed by atoms with van der Waals surface area (Å²) in [6, 6.07) is 9.54. The molecular weight excluding hydrogens is 314 g/mol. The first-order valence-corrected chi connectivity index (χ1v) is 8.02. The third kappa shape index (κ3) is 3.80. The maximum Gasteiger partial charge on any atom is 0.132 e. The minimum absolute atomic E-state index is 0.0454. The molecule has 2 aromatic rings. The number of halogens is 1. The van der Waals surface area contributed by atoms with Crippen LogP contribution < -0.4 is 4.90 Å². The highest BCUT2D eigenvalue weighted by molar-refractivity contribution is 6.30. The van der Waals surface area contributed by atoms with Crippen molar-refractivity contribution in [3.8, 4) is 0 Å². The summed E-state index contributed by atoms with van der Waals surface area (Å²) in [5.41, 5.74) is 0.453. The largest absolute Gasteiger partial charge is 0.393 e. The van der Waals surface area contributed by atoms with Crippen molar-refractivity contribution in [2.75, 3.05) is 31.2 Å². The van der Waals surface area contributed by atoms with Crippen LogP contribution in [0.1, 0.15) is 11.4 Å². The zero-order valence-electron chi connectivity index (χ0n) is 13.1. The van der Waals surface area contributed by atoms with Crippen LogP contribution in [0.15, 0.2) is 36.5 Å². The van der Waals surface area contributed by atoms with Gasteiger partial charge in [0.05, 0.1) is 19.8 Å². The summed E-state index contributed by atoms with van der Waals surface area (Å²) < 4.78 is 5.96. The maximum absolute atomic E-state index is 9.97. The third-order valence-corrected chi connectivity index (χ3v) is 4.31. The molecule has 5 nitrogen and oxygen atoms in total. The fourth-order valence-corrected chi connectivity index (χ4v) is 3.02. The molecule has 0 spiro atoms. The van der Waals surface area contributed by atoms with Crippen LogP contribution in [0.2, 0.25) is 5.02 Å². The molecule has 1 saturated heterocycles. The SMILES string of the molecule is Cc1nccc(N2CCOC(CO)(Cc3ccc(Cl)cc3)C2)n1. The molecule has 122 valence electrons. The minimum Gasteiger partial charge on any atom is -0.393 e. The van der Waals surface area contributed by atoms with Gasteiger partial charge in [-0.25, -0.2) is 9.97 Å². The Bertz CT molecular complexity index is 665. The number of morpholine rings is 1. The maximum atomic E-state index is 9.97. The highest BCUT2D eigenvalue weighted by atomic mass is 35.5. The standard InChI is InChI=1S/C17H20ClN3O2/c1-13-19-7-6-16(20-13)21-8-9-23-17(11-21,12-22)10-14-2-4-15(18)5-3-14/h2-7,22H,8-12H2,1H3. The van der Waals surface area contributed by atoms with Gasteiger partial charge in [0, 0.05) is 24.2 Å². The van der Waals surface area contributed by atoms with Crippen LogP contribution in [0.3, 0.4) is 0 Å². The molecule has 3 rings (SSSR count). The molecule has 0 saturated carbocycles. The van der Waals surface area contributed by atoms with Crippen molar-refractivity contribution in [2.45, 2.75) is 18.9 Å². The number of rotatable bonds is 4. The summed E-state index contributed by atoms with van der Waals surface area (Å²) in [4.78, 5) is 10.8. The van der Waals surface area contributed by atoms with Crippen molar-refractivity contribution < 1.29 is 9.84 Å². The molecule has 1 unspecified atom stereocenters. The quantitative estimate of drug-likeness (QED) is 0.930. The predicted octanol–water partition coefficient (Wildman–Crippen LogP) is 2.25. The Morgan fingerprint density at radius 2 is 2.09 bits per heavy atom. The number of aromatic nitrogens is 2. The zero-order chi connectivity index (χ0) is 16.3. The Kier molecular flexibility index (Phi) is 4.80. The predicted molar refractivity (Wildman–Crippen MR) is 89.9 cm³/mol. The van der Waals surface area contributed by atoms with Crippen LogP contribution in [0.4, 0.5) is 5.82 Å². The summed E-state index contributed by atoms with van der Waals surface area (Å²) >= 11 is 5.94. The van der Waals surface area contributed by atoms with Crippen LogP contribution >= 0.6 is 11.6 Å². The first-order valence-electron chi connectivity index (χ1n) is 7.64. The topological polar surface area (TPSA) is 58.5 Å². The minimum atomic E-state index is -0.634. The number of ether oxygens (including phenoxy) is 1. The molecule has 1 N–H and O–H groups in total. The van der Waals surface area contributed by atoms with Crippen molar-refractivity contribution in [2.24, 2.45) is 0 Å². The number of aliphatic hydroxyl groups is 1. The van der Waals surface area contributed by atoms with Gasteiger partial charge in [0.15, 0.2) is 0 Å². The fraction of sp³-hybridized carbons (Fsp3) is 0.412. The normalized spacial score (nSPS) is 21.4. The first-order chi connectivity index (χ1) is 11.1. The molecule has 0 radical (unpaired) electrons. The number of benzene rings is 1. The molecule has 0 amide bonds. The Hall–Kier alpha value is -1.69. The van der Waals surface area contributed by atoms with Crippen molar-refractivity contribution in [1.82, 2.24) is 9.97 Å². The highest BCUT2D eigenvalue weighted by Gasteiger charge is 2.37. The van der Waals surface area contributed by atoms with E-state index in [0.29, 0.717) is 24.6 Å². The summed E-state index contributed by atoms with van der Waals surface area (Å²) in [5, 5.41) is 10.7. The van der Waals surface area contributed by atoms with Gasteiger partial charge in [0.2, 0.25) is 0 Å². The van der Waals surface area contributed by atoms with Crippen LogP contribution in [0.5, 0.6) is 0 Å². The summed E-state index contributed by atoms with van der Waals surface area (Å²) in [5.74, 6) is 1.61. The van der Waals surface area contributed by atoms with Gasteiger partial charge in [-0.3, -0.25) is 0 Å². The van der Waals surface area contributed by atoms with E-state index < -0.39 is 5.60 Å². The van der Waals surface area contributed by atoms with Gasteiger partial charge < -0.3 is 14.7 Å². The lowest BCUT2D eigenvalue weighted by Gasteiger charge is -2.42. The van der Waals surface area contributed by atoms with Crippen LogP contribution in [-0.2, 0) is 11.2 Å². The Morgan fingerprint density at radius 1 is 1.30 bits per heavy atom. The molecule has 1 fully saturated rings. The average Bonchev–Trinajstić information content (AvgIpc) is 2.57. The van der Waals surface area contributed by atoms with Crippen LogP contribution in [-0.4, -0.2) is 47.0 Å². The van der Waals surface area contributed by atoms with E-state index >= 15 is 0 Å². The van der Waals surface area contributed by atoms with Crippen molar-refractivity contribution in [3.63, 3.8) is 0 Å². The molecule has 1 atom stereocenters. The number of hydrogen-bond acceptors (Lipinski definition) is 5. The molecule has 0 aliphatic carbocycles. The molecule has 1 aromatic carbocycles. The van der Waals surface area contributed by atoms with Crippen molar-refractivity contribution in [3.05, 3.63) is 52.9 Å². The van der Waals surface area contributed by atoms with Crippen LogP contribution in [0, 0.1) is 6.92 Å². The molecule has 0 bridgehead atoms. The Morgan fingerprint density at radius 3 is 2.78 bits per heavy atom. The Balaban J connectivity index is 1.79. The van der Waals surface area contributed by atoms with E-state index in [1.165, 1.54) is 0 Å². The van der Waals surface area contributed by atoms with E-state index in [0.717, 1.165) is 23.8 Å². The number of hydrogen-bond donors (Lipinski definition) is 1. The average molecular weight is 334 g/mol. The van der Waals surface area contributed by atoms with Crippen molar-refractivity contribution >= 4 is 17.4 Å². The van der Waals surface area contributed by atoms with Gasteiger partial charge >= 0.3 is 0 Å². The second kappa shape index (κ2) is 6.83. The Labute approximate surface area is 140 Å². The van der Waals surface area contributed by atoms with E-state index in [4.69, 9.17) is 16.3 Å². The third-order valence-electron chi connectivity index (χ3n) is 4.06. The number of nitrogens with zero attached hydrogens (tertiary/aromatic N) is 3. The van der Waals surface area contributed by atoms with E-state index in [9.17, 15) is 5.11 Å². The second-order valence-corrected chi connectivity index (χ2v) is 6.31. The van der Waals surface area contributed by atoms with Gasteiger partial charge in [-0.15, -0.1) is 0 Å². The molecule has 6 heteroatoms. The number of aryl methyl sites for hydroxylation is 1. The summed E-state index contributed by atoms with van der Waals surface area (Å²) in [6.07, 6.45) is 2.38. The van der Waals surface area contributed by atoms with Gasteiger partial charge in [0.25, 0.3) is 0 Å². The van der Waals surface area contributed by atoms with Gasteiger partial charge in [-0.1, -0.05) is 23.7 Å². The number of aliphatic hydroxyl groups excluding tert-OH is 1. The van der Waals surface area contributed by atoms with Gasteiger partial charge in [0.1, 0.15) is 17.2 Å². The molecule has 23 heavy (non-hydrogen) atoms. The molecular formula is C17H20ClN3O2. The van der Waals surface area contributed by atoms with Crippen molar-refractivity contribution in [1.29, 1.82) is 0 Å². The zero-order valence-corrected chi connectivity index (χ0v) is 13.8. The molecule has 1 aromatic heterocycles. The van der Waals surface area contributed by atoms with E-state index in [2.05, 4.69) is 14.9 Å². The molecule has 2 heterocycles. The molecule has 1 aliphatic heterocycles. The summed E-state index contributed by atoms with van der Waals surface area (Å²) in [7, 11) is 0.